The van der Waals surface area contributed by atoms with E-state index < -0.39 is 97.5 Å². The maximum absolute atomic E-state index is 13.0. The zero-order chi connectivity index (χ0) is 69.0. The molecule has 0 amide bonds. The third kappa shape index (κ3) is 67.1. The number of unbranched alkanes of at least 4 members (excludes halogenated alkanes) is 32. The molecule has 19 heteroatoms. The number of carbonyl (C=O) groups is 4. The van der Waals surface area contributed by atoms with Crippen LogP contribution in [0.1, 0.15) is 323 Å². The van der Waals surface area contributed by atoms with Gasteiger partial charge in [-0.3, -0.25) is 37.3 Å². The Hall–Kier alpha value is -3.50. The SMILES string of the molecule is CC/C=C\C/C=C\C/C=C\C/C=C\CCCCCCCCC(=O)OCC(COP(=O)(O)OCC(O)COP(=O)(O)OCC(COC(=O)CCCCCCC/C=C\CCCCCC)OC(=O)CCCCCCCCCCCCC)OC(=O)CCCCCCC/C=C\CCCC. The molecule has 0 aromatic heterocycles. The van der Waals surface area contributed by atoms with Gasteiger partial charge in [0.25, 0.3) is 0 Å². The van der Waals surface area contributed by atoms with Gasteiger partial charge < -0.3 is 33.8 Å². The van der Waals surface area contributed by atoms with Crippen molar-refractivity contribution in [2.24, 2.45) is 0 Å². The van der Waals surface area contributed by atoms with Gasteiger partial charge in [-0.05, 0) is 109 Å². The highest BCUT2D eigenvalue weighted by Crippen LogP contribution is 2.45. The molecule has 17 nitrogen and oxygen atoms in total. The number of phosphoric ester groups is 2. The molecule has 0 aliphatic carbocycles. The van der Waals surface area contributed by atoms with E-state index in [1.54, 1.807) is 0 Å². The van der Waals surface area contributed by atoms with Crippen LogP contribution in [0.4, 0.5) is 0 Å². The van der Waals surface area contributed by atoms with Crippen molar-refractivity contribution in [3.63, 3.8) is 0 Å². The molecule has 0 heterocycles. The number of allylic oxidation sites excluding steroid dienone is 12. The van der Waals surface area contributed by atoms with Gasteiger partial charge in [-0.2, -0.15) is 0 Å². The molecule has 0 bridgehead atoms. The minimum atomic E-state index is -4.97. The van der Waals surface area contributed by atoms with Crippen LogP contribution >= 0.6 is 15.6 Å². The zero-order valence-electron chi connectivity index (χ0n) is 59.4. The number of hydrogen-bond donors (Lipinski definition) is 3. The fourth-order valence-electron chi connectivity index (χ4n) is 9.95. The average Bonchev–Trinajstić information content (AvgIpc) is 1.24. The lowest BCUT2D eigenvalue weighted by Gasteiger charge is -2.21. The molecule has 0 aromatic carbocycles. The highest BCUT2D eigenvalue weighted by Gasteiger charge is 2.30. The van der Waals surface area contributed by atoms with Gasteiger partial charge in [-0.1, -0.05) is 261 Å². The second-order valence-corrected chi connectivity index (χ2v) is 27.8. The number of esters is 4. The molecule has 0 rings (SSSR count). The maximum atomic E-state index is 13.0. The lowest BCUT2D eigenvalue weighted by atomic mass is 10.1. The maximum Gasteiger partial charge on any atom is 0.472 e. The van der Waals surface area contributed by atoms with Gasteiger partial charge in [0.1, 0.15) is 19.3 Å². The van der Waals surface area contributed by atoms with Crippen molar-refractivity contribution in [1.29, 1.82) is 0 Å². The summed E-state index contributed by atoms with van der Waals surface area (Å²) >= 11 is 0. The van der Waals surface area contributed by atoms with Crippen LogP contribution in [0.5, 0.6) is 0 Å². The third-order valence-corrected chi connectivity index (χ3v) is 17.6. The van der Waals surface area contributed by atoms with Crippen LogP contribution in [0, 0.1) is 0 Å². The first kappa shape index (κ1) is 90.5. The molecule has 0 aliphatic rings. The molecule has 0 aromatic rings. The van der Waals surface area contributed by atoms with E-state index in [4.69, 9.17) is 37.0 Å². The summed E-state index contributed by atoms with van der Waals surface area (Å²) in [6, 6.07) is 0. The van der Waals surface area contributed by atoms with E-state index in [0.717, 1.165) is 167 Å². The van der Waals surface area contributed by atoms with Crippen molar-refractivity contribution in [1.82, 2.24) is 0 Å². The molecule has 3 N–H and O–H groups in total. The number of carbonyl (C=O) groups excluding carboxylic acids is 4. The third-order valence-electron chi connectivity index (χ3n) is 15.7. The number of ether oxygens (including phenoxy) is 4. The van der Waals surface area contributed by atoms with Gasteiger partial charge >= 0.3 is 39.5 Å². The molecule has 0 aliphatic heterocycles. The number of aliphatic hydroxyl groups is 1. The number of aliphatic hydroxyl groups excluding tert-OH is 1. The minimum absolute atomic E-state index is 0.0830. The van der Waals surface area contributed by atoms with Crippen LogP contribution in [-0.4, -0.2) is 96.7 Å². The van der Waals surface area contributed by atoms with E-state index in [-0.39, 0.29) is 25.7 Å². The van der Waals surface area contributed by atoms with Gasteiger partial charge in [0.05, 0.1) is 26.4 Å². The molecule has 94 heavy (non-hydrogen) atoms. The van der Waals surface area contributed by atoms with E-state index in [1.807, 2.05) is 0 Å². The zero-order valence-corrected chi connectivity index (χ0v) is 61.2. The van der Waals surface area contributed by atoms with E-state index in [0.29, 0.717) is 25.7 Å². The van der Waals surface area contributed by atoms with Gasteiger partial charge in [0, 0.05) is 25.7 Å². The molecular weight excluding hydrogens is 1230 g/mol. The van der Waals surface area contributed by atoms with Crippen LogP contribution in [0.2, 0.25) is 0 Å². The van der Waals surface area contributed by atoms with Crippen molar-refractivity contribution in [2.45, 2.75) is 341 Å². The monoisotopic (exact) mass is 1370 g/mol. The molecule has 0 radical (unpaired) electrons. The average molecular weight is 1370 g/mol. The van der Waals surface area contributed by atoms with E-state index in [1.165, 1.54) is 77.0 Å². The first-order chi connectivity index (χ1) is 45.7. The number of rotatable bonds is 70. The smallest absolute Gasteiger partial charge is 0.462 e. The van der Waals surface area contributed by atoms with Crippen molar-refractivity contribution < 1.29 is 80.2 Å². The molecule has 546 valence electrons. The van der Waals surface area contributed by atoms with Crippen molar-refractivity contribution in [2.75, 3.05) is 39.6 Å². The van der Waals surface area contributed by atoms with Crippen molar-refractivity contribution >= 4 is 39.5 Å². The lowest BCUT2D eigenvalue weighted by molar-refractivity contribution is -0.161. The highest BCUT2D eigenvalue weighted by atomic mass is 31.2. The Morgan fingerprint density at radius 2 is 0.564 bits per heavy atom. The predicted octanol–water partition coefficient (Wildman–Crippen LogP) is 20.9. The first-order valence-electron chi connectivity index (χ1n) is 37.2. The van der Waals surface area contributed by atoms with Crippen LogP contribution in [0.3, 0.4) is 0 Å². The summed E-state index contributed by atoms with van der Waals surface area (Å²) in [7, 11) is -9.93. The number of hydrogen-bond acceptors (Lipinski definition) is 15. The molecular formula is C75H134O17P2. The fourth-order valence-corrected chi connectivity index (χ4v) is 11.5. The highest BCUT2D eigenvalue weighted by molar-refractivity contribution is 7.47. The molecule has 5 atom stereocenters. The molecule has 0 saturated heterocycles. The second kappa shape index (κ2) is 68.0. The first-order valence-corrected chi connectivity index (χ1v) is 40.2. The standard InChI is InChI=1S/C75H134O17P2/c1-5-9-13-17-21-25-29-31-32-33-34-35-36-38-42-44-48-52-56-60-73(78)86-66-71(92-75(80)62-58-54-50-46-40-28-24-20-16-12-8-4)68-90-94(83,84)88-64-69(76)63-87-93(81,82)89-67-70(91-74(79)61-57-53-49-45-39-27-23-19-15-11-7-3)65-85-72(77)59-55-51-47-43-41-37-30-26-22-18-14-10-6-2/h9,13,20-21,24-26,30-32,34-35,69-71,76H,5-8,10-12,14-19,22-23,27-29,33,36-68H2,1-4H3,(H,81,82)(H,83,84)/b13-9-,24-20-,25-21-,30-26-,32-31-,35-34-. The topological polar surface area (TPSA) is 237 Å². The van der Waals surface area contributed by atoms with Crippen LogP contribution in [0.25, 0.3) is 0 Å². The number of phosphoric acid groups is 2. The molecule has 0 fully saturated rings. The fraction of sp³-hybridized carbons (Fsp3) is 0.787. The van der Waals surface area contributed by atoms with Gasteiger partial charge in [0.2, 0.25) is 0 Å². The predicted molar refractivity (Wildman–Crippen MR) is 381 cm³/mol. The normalized spacial score (nSPS) is 14.4. The van der Waals surface area contributed by atoms with E-state index in [9.17, 15) is 43.2 Å². The van der Waals surface area contributed by atoms with Gasteiger partial charge in [0.15, 0.2) is 12.2 Å². The molecule has 0 saturated carbocycles. The quantitative estimate of drug-likeness (QED) is 0.0169. The Morgan fingerprint density at radius 3 is 0.904 bits per heavy atom. The van der Waals surface area contributed by atoms with Crippen LogP contribution in [-0.2, 0) is 65.4 Å². The van der Waals surface area contributed by atoms with Crippen LogP contribution < -0.4 is 0 Å². The Morgan fingerprint density at radius 1 is 0.309 bits per heavy atom. The second-order valence-electron chi connectivity index (χ2n) is 24.9. The van der Waals surface area contributed by atoms with Crippen LogP contribution in [0.15, 0.2) is 72.9 Å². The lowest BCUT2D eigenvalue weighted by Crippen LogP contribution is -2.30. The van der Waals surface area contributed by atoms with Crippen molar-refractivity contribution in [3.05, 3.63) is 72.9 Å². The summed E-state index contributed by atoms with van der Waals surface area (Å²) in [6.07, 6.45) is 66.2. The summed E-state index contributed by atoms with van der Waals surface area (Å²) in [5.41, 5.74) is 0. The van der Waals surface area contributed by atoms with Gasteiger partial charge in [-0.25, -0.2) is 9.13 Å². The summed E-state index contributed by atoms with van der Waals surface area (Å²) < 4.78 is 68.3. The van der Waals surface area contributed by atoms with E-state index in [2.05, 4.69) is 101 Å². The van der Waals surface area contributed by atoms with Crippen molar-refractivity contribution in [3.8, 4) is 0 Å². The molecule has 5 unspecified atom stereocenters. The summed E-state index contributed by atoms with van der Waals surface area (Å²) in [5.74, 6) is -2.19. The van der Waals surface area contributed by atoms with Gasteiger partial charge in [-0.15, -0.1) is 0 Å². The Labute approximate surface area is 571 Å². The Balaban J connectivity index is 5.27. The summed E-state index contributed by atoms with van der Waals surface area (Å²) in [4.78, 5) is 72.6. The summed E-state index contributed by atoms with van der Waals surface area (Å²) in [6.45, 7) is 4.69. The largest absolute Gasteiger partial charge is 0.472 e. The summed E-state index contributed by atoms with van der Waals surface area (Å²) in [5, 5.41) is 10.6. The molecule has 0 spiro atoms. The Bertz CT molecular complexity index is 2070. The Kier molecular flexibility index (Phi) is 65.5. The van der Waals surface area contributed by atoms with E-state index >= 15 is 0 Å². The minimum Gasteiger partial charge on any atom is -0.462 e.